The van der Waals surface area contributed by atoms with Gasteiger partial charge in [-0.1, -0.05) is 24.3 Å². The lowest BCUT2D eigenvalue weighted by molar-refractivity contribution is -0.127. The highest BCUT2D eigenvalue weighted by molar-refractivity contribution is 5.87. The van der Waals surface area contributed by atoms with E-state index in [4.69, 9.17) is 10.5 Å². The highest BCUT2D eigenvalue weighted by Gasteiger charge is 2.39. The Morgan fingerprint density at radius 1 is 1.33 bits per heavy atom. The van der Waals surface area contributed by atoms with Crippen molar-refractivity contribution in [2.45, 2.75) is 30.8 Å². The molecule has 18 heavy (non-hydrogen) atoms. The summed E-state index contributed by atoms with van der Waals surface area (Å²) in [7, 11) is 0. The summed E-state index contributed by atoms with van der Waals surface area (Å²) in [5.74, 6) is -0.0715. The first-order valence-electron chi connectivity index (χ1n) is 6.42. The van der Waals surface area contributed by atoms with Crippen LogP contribution in [0.25, 0.3) is 0 Å². The monoisotopic (exact) mass is 246 g/mol. The van der Waals surface area contributed by atoms with Crippen LogP contribution in [0.2, 0.25) is 0 Å². The molecular weight excluding hydrogens is 228 g/mol. The van der Waals surface area contributed by atoms with Crippen molar-refractivity contribution in [2.75, 3.05) is 13.2 Å². The molecule has 4 nitrogen and oxygen atoms in total. The molecular formula is C14H18N2O2. The van der Waals surface area contributed by atoms with Gasteiger partial charge >= 0.3 is 0 Å². The number of hydrogen-bond donors (Lipinski definition) is 2. The van der Waals surface area contributed by atoms with Gasteiger partial charge in [-0.15, -0.1) is 0 Å². The third-order valence-electron chi connectivity index (χ3n) is 3.89. The van der Waals surface area contributed by atoms with Gasteiger partial charge in [0.2, 0.25) is 5.91 Å². The van der Waals surface area contributed by atoms with Crippen molar-refractivity contribution in [3.63, 3.8) is 0 Å². The first-order valence-corrected chi connectivity index (χ1v) is 6.42. The van der Waals surface area contributed by atoms with Crippen LogP contribution in [-0.4, -0.2) is 30.7 Å². The second-order valence-electron chi connectivity index (χ2n) is 5.31. The van der Waals surface area contributed by atoms with Gasteiger partial charge in [0.05, 0.1) is 6.61 Å². The van der Waals surface area contributed by atoms with Gasteiger partial charge in [-0.25, -0.2) is 0 Å². The smallest absolute Gasteiger partial charge is 0.242 e. The summed E-state index contributed by atoms with van der Waals surface area (Å²) in [6.45, 7) is 0.910. The number of fused-ring (bicyclic) bond motifs is 1. The van der Waals surface area contributed by atoms with Crippen LogP contribution in [0.5, 0.6) is 0 Å². The molecule has 0 radical (unpaired) electrons. The topological polar surface area (TPSA) is 64.4 Å². The Bertz CT molecular complexity index is 442. The lowest BCUT2D eigenvalue weighted by Gasteiger charge is -2.23. The molecule has 1 amide bonds. The molecule has 4 heteroatoms. The fraction of sp³-hybridized carbons (Fsp3) is 0.500. The van der Waals surface area contributed by atoms with E-state index in [9.17, 15) is 4.79 Å². The summed E-state index contributed by atoms with van der Waals surface area (Å²) in [5, 5.41) is 3.06. The molecule has 1 fully saturated rings. The van der Waals surface area contributed by atoms with E-state index in [1.165, 1.54) is 11.1 Å². The Hall–Kier alpha value is -1.39. The van der Waals surface area contributed by atoms with Gasteiger partial charge < -0.3 is 15.8 Å². The average Bonchev–Trinajstić information content (AvgIpc) is 2.95. The maximum Gasteiger partial charge on any atom is 0.242 e. The van der Waals surface area contributed by atoms with Crippen molar-refractivity contribution in [3.05, 3.63) is 35.4 Å². The number of amides is 1. The molecule has 1 unspecified atom stereocenters. The average molecular weight is 246 g/mol. The minimum absolute atomic E-state index is 0.0715. The Labute approximate surface area is 107 Å². The third kappa shape index (κ3) is 2.02. The first-order chi connectivity index (χ1) is 8.67. The Morgan fingerprint density at radius 2 is 2.00 bits per heavy atom. The van der Waals surface area contributed by atoms with Crippen LogP contribution in [0.15, 0.2) is 24.3 Å². The predicted octanol–water partition coefficient (Wildman–Crippen LogP) is 0.388. The van der Waals surface area contributed by atoms with Gasteiger partial charge in [0, 0.05) is 12.6 Å². The zero-order chi connectivity index (χ0) is 12.6. The van der Waals surface area contributed by atoms with Gasteiger partial charge in [-0.3, -0.25) is 4.79 Å². The second kappa shape index (κ2) is 4.37. The maximum absolute atomic E-state index is 12.2. The van der Waals surface area contributed by atoms with E-state index >= 15 is 0 Å². The van der Waals surface area contributed by atoms with Gasteiger partial charge in [-0.2, -0.15) is 0 Å². The van der Waals surface area contributed by atoms with Gasteiger partial charge in [-0.05, 0) is 30.4 Å². The largest absolute Gasteiger partial charge is 0.379 e. The predicted molar refractivity (Wildman–Crippen MR) is 68.1 cm³/mol. The van der Waals surface area contributed by atoms with Gasteiger partial charge in [0.1, 0.15) is 5.54 Å². The summed E-state index contributed by atoms with van der Waals surface area (Å²) in [4.78, 5) is 12.2. The molecule has 1 saturated heterocycles. The lowest BCUT2D eigenvalue weighted by Crippen LogP contribution is -2.56. The molecule has 3 N–H and O–H groups in total. The van der Waals surface area contributed by atoms with Crippen LogP contribution < -0.4 is 11.1 Å². The van der Waals surface area contributed by atoms with Crippen LogP contribution in [0.1, 0.15) is 17.5 Å². The van der Waals surface area contributed by atoms with Crippen LogP contribution in [0.4, 0.5) is 0 Å². The number of rotatable bonds is 2. The molecule has 0 saturated carbocycles. The fourth-order valence-corrected chi connectivity index (χ4v) is 2.75. The zero-order valence-corrected chi connectivity index (χ0v) is 10.3. The molecule has 2 aliphatic rings. The Kier molecular flexibility index (Phi) is 2.84. The molecule has 1 heterocycles. The molecule has 1 aliphatic carbocycles. The van der Waals surface area contributed by atoms with Crippen molar-refractivity contribution in [2.24, 2.45) is 5.73 Å². The number of ether oxygens (including phenoxy) is 1. The number of carbonyl (C=O) groups is 1. The number of hydrogen-bond acceptors (Lipinski definition) is 3. The van der Waals surface area contributed by atoms with Crippen LogP contribution in [0, 0.1) is 0 Å². The minimum Gasteiger partial charge on any atom is -0.379 e. The summed E-state index contributed by atoms with van der Waals surface area (Å²) < 4.78 is 5.22. The van der Waals surface area contributed by atoms with Gasteiger partial charge in [0.25, 0.3) is 0 Å². The third-order valence-corrected chi connectivity index (χ3v) is 3.89. The fourth-order valence-electron chi connectivity index (χ4n) is 2.75. The Morgan fingerprint density at radius 3 is 2.56 bits per heavy atom. The highest BCUT2D eigenvalue weighted by atomic mass is 16.5. The van der Waals surface area contributed by atoms with Crippen LogP contribution >= 0.6 is 0 Å². The van der Waals surface area contributed by atoms with E-state index < -0.39 is 5.54 Å². The van der Waals surface area contributed by atoms with Crippen molar-refractivity contribution in [1.29, 1.82) is 0 Å². The molecule has 0 bridgehead atoms. The normalized spacial score (nSPS) is 27.2. The molecule has 1 atom stereocenters. The van der Waals surface area contributed by atoms with E-state index in [1.807, 2.05) is 12.1 Å². The quantitative estimate of drug-likeness (QED) is 0.793. The van der Waals surface area contributed by atoms with Crippen molar-refractivity contribution < 1.29 is 9.53 Å². The first kappa shape index (κ1) is 11.7. The van der Waals surface area contributed by atoms with Gasteiger partial charge in [0.15, 0.2) is 0 Å². The maximum atomic E-state index is 12.2. The molecule has 1 aromatic carbocycles. The summed E-state index contributed by atoms with van der Waals surface area (Å²) in [6, 6.07) is 8.50. The van der Waals surface area contributed by atoms with Crippen LogP contribution in [-0.2, 0) is 22.4 Å². The number of nitrogens with one attached hydrogen (secondary N) is 1. The lowest BCUT2D eigenvalue weighted by atomic mass is 9.98. The Balaban J connectivity index is 1.64. The minimum atomic E-state index is -0.825. The van der Waals surface area contributed by atoms with E-state index in [0.717, 1.165) is 12.8 Å². The molecule has 96 valence electrons. The summed E-state index contributed by atoms with van der Waals surface area (Å²) in [6.07, 6.45) is 2.41. The highest BCUT2D eigenvalue weighted by Crippen LogP contribution is 2.23. The standard InChI is InChI=1S/C14H18N2O2/c15-14(5-6-18-9-14)13(17)16-12-7-10-3-1-2-4-11(10)8-12/h1-4,12H,5-9,15H2,(H,16,17). The molecule has 1 aliphatic heterocycles. The number of carbonyl (C=O) groups excluding carboxylic acids is 1. The zero-order valence-electron chi connectivity index (χ0n) is 10.3. The number of nitrogens with two attached hydrogens (primary N) is 1. The molecule has 1 aromatic rings. The summed E-state index contributed by atoms with van der Waals surface area (Å²) >= 11 is 0. The summed E-state index contributed by atoms with van der Waals surface area (Å²) in [5.41, 5.74) is 7.88. The van der Waals surface area contributed by atoms with Crippen molar-refractivity contribution >= 4 is 5.91 Å². The molecule has 0 spiro atoms. The van der Waals surface area contributed by atoms with E-state index in [1.54, 1.807) is 0 Å². The molecule has 0 aromatic heterocycles. The SMILES string of the molecule is NC1(C(=O)NC2Cc3ccccc3C2)CCOC1. The van der Waals surface area contributed by atoms with Crippen molar-refractivity contribution in [3.8, 4) is 0 Å². The van der Waals surface area contributed by atoms with Crippen molar-refractivity contribution in [1.82, 2.24) is 5.32 Å². The van der Waals surface area contributed by atoms with E-state index in [0.29, 0.717) is 19.6 Å². The molecule has 3 rings (SSSR count). The number of benzene rings is 1. The van der Waals surface area contributed by atoms with E-state index in [-0.39, 0.29) is 11.9 Å². The van der Waals surface area contributed by atoms with E-state index in [2.05, 4.69) is 17.4 Å². The second-order valence-corrected chi connectivity index (χ2v) is 5.31. The van der Waals surface area contributed by atoms with Crippen LogP contribution in [0.3, 0.4) is 0 Å².